The first kappa shape index (κ1) is 23.2. The van der Waals surface area contributed by atoms with Crippen molar-refractivity contribution in [3.63, 3.8) is 0 Å². The lowest BCUT2D eigenvalue weighted by Crippen LogP contribution is -2.40. The van der Waals surface area contributed by atoms with Crippen molar-refractivity contribution in [3.8, 4) is 11.3 Å². The van der Waals surface area contributed by atoms with Crippen LogP contribution in [0, 0.1) is 12.3 Å². The van der Waals surface area contributed by atoms with Crippen LogP contribution in [-0.2, 0) is 14.8 Å². The van der Waals surface area contributed by atoms with Gasteiger partial charge in [0.05, 0.1) is 10.7 Å². The van der Waals surface area contributed by atoms with Gasteiger partial charge in [-0.15, -0.1) is 0 Å². The van der Waals surface area contributed by atoms with Crippen molar-refractivity contribution in [2.24, 2.45) is 5.41 Å². The van der Waals surface area contributed by atoms with Crippen LogP contribution in [0.5, 0.6) is 0 Å². The molecule has 2 aromatic heterocycles. The molecule has 1 aliphatic heterocycles. The number of rotatable bonds is 6. The van der Waals surface area contributed by atoms with Crippen LogP contribution in [0.25, 0.3) is 11.3 Å². The fraction of sp³-hybridized carbons (Fsp3) is 0.292. The Morgan fingerprint density at radius 1 is 1.03 bits per heavy atom. The molecule has 0 amide bonds. The monoisotopic (exact) mass is 484 g/mol. The summed E-state index contributed by atoms with van der Waals surface area (Å²) in [7, 11) is -3.97. The molecule has 0 bridgehead atoms. The summed E-state index contributed by atoms with van der Waals surface area (Å²) in [5.41, 5.74) is 1.98. The van der Waals surface area contributed by atoms with E-state index in [4.69, 9.17) is 11.6 Å². The minimum atomic E-state index is -3.97. The van der Waals surface area contributed by atoms with E-state index in [1.54, 1.807) is 18.2 Å². The number of nitrogens with one attached hydrogen (secondary N) is 1. The van der Waals surface area contributed by atoms with Gasteiger partial charge in [0.25, 0.3) is 10.0 Å². The minimum absolute atomic E-state index is 0.0992. The molecule has 1 N–H and O–H groups in total. The SMILES string of the molecule is Cc1ccccc1-c1nc(NS(=O)(=O)c2cccc(N3CCC(C)(C=O)CC3)n2)ccc1Cl. The lowest BCUT2D eigenvalue weighted by molar-refractivity contribution is -0.116. The smallest absolute Gasteiger partial charge is 0.280 e. The molecule has 3 aromatic rings. The third-order valence-electron chi connectivity index (χ3n) is 5.98. The predicted octanol–water partition coefficient (Wildman–Crippen LogP) is 4.71. The predicted molar refractivity (Wildman–Crippen MR) is 130 cm³/mol. The molecular weight excluding hydrogens is 460 g/mol. The molecule has 0 spiro atoms. The first-order valence-electron chi connectivity index (χ1n) is 10.6. The molecule has 7 nitrogen and oxygen atoms in total. The Morgan fingerprint density at radius 2 is 1.76 bits per heavy atom. The molecule has 0 aliphatic carbocycles. The molecular formula is C24H25ClN4O3S. The van der Waals surface area contributed by atoms with Crippen molar-refractivity contribution in [2.75, 3.05) is 22.7 Å². The lowest BCUT2D eigenvalue weighted by atomic mass is 9.82. The summed E-state index contributed by atoms with van der Waals surface area (Å²) in [4.78, 5) is 22.1. The van der Waals surface area contributed by atoms with Crippen LogP contribution in [-0.4, -0.2) is 37.8 Å². The van der Waals surface area contributed by atoms with E-state index in [9.17, 15) is 13.2 Å². The van der Waals surface area contributed by atoms with Crippen molar-refractivity contribution in [3.05, 3.63) is 65.2 Å². The third-order valence-corrected chi connectivity index (χ3v) is 7.54. The summed E-state index contributed by atoms with van der Waals surface area (Å²) >= 11 is 6.35. The van der Waals surface area contributed by atoms with Gasteiger partial charge in [-0.05, 0) is 49.6 Å². The second-order valence-corrected chi connectivity index (χ2v) is 10.6. The number of benzene rings is 1. The molecule has 1 fully saturated rings. The Balaban J connectivity index is 1.58. The summed E-state index contributed by atoms with van der Waals surface area (Å²) in [5.74, 6) is 0.722. The van der Waals surface area contributed by atoms with Crippen LogP contribution in [0.4, 0.5) is 11.6 Å². The van der Waals surface area contributed by atoms with Crippen molar-refractivity contribution < 1.29 is 13.2 Å². The number of pyridine rings is 2. The van der Waals surface area contributed by atoms with Crippen LogP contribution >= 0.6 is 11.6 Å². The van der Waals surface area contributed by atoms with E-state index >= 15 is 0 Å². The maximum Gasteiger partial charge on any atom is 0.280 e. The lowest BCUT2D eigenvalue weighted by Gasteiger charge is -2.36. The van der Waals surface area contributed by atoms with Gasteiger partial charge in [0.2, 0.25) is 0 Å². The Labute approximate surface area is 198 Å². The third kappa shape index (κ3) is 5.02. The zero-order valence-corrected chi connectivity index (χ0v) is 20.0. The summed E-state index contributed by atoms with van der Waals surface area (Å²) in [5, 5.41) is 0.331. The highest BCUT2D eigenvalue weighted by molar-refractivity contribution is 7.92. The first-order chi connectivity index (χ1) is 15.7. The highest BCUT2D eigenvalue weighted by Gasteiger charge is 2.30. The van der Waals surface area contributed by atoms with Crippen molar-refractivity contribution in [1.82, 2.24) is 9.97 Å². The number of carbonyl (C=O) groups is 1. The molecule has 0 saturated carbocycles. The van der Waals surface area contributed by atoms with Gasteiger partial charge in [-0.25, -0.2) is 9.97 Å². The molecule has 9 heteroatoms. The molecule has 1 saturated heterocycles. The number of halogens is 1. The van der Waals surface area contributed by atoms with Crippen LogP contribution in [0.3, 0.4) is 0 Å². The molecule has 1 aliphatic rings. The summed E-state index contributed by atoms with van der Waals surface area (Å²) in [6.45, 7) is 5.16. The van der Waals surface area contributed by atoms with Crippen LogP contribution in [0.1, 0.15) is 25.3 Å². The van der Waals surface area contributed by atoms with Crippen molar-refractivity contribution in [2.45, 2.75) is 31.7 Å². The van der Waals surface area contributed by atoms with E-state index in [1.165, 1.54) is 12.1 Å². The summed E-state index contributed by atoms with van der Waals surface area (Å²) in [6, 6.07) is 15.7. The number of nitrogens with zero attached hydrogens (tertiary/aromatic N) is 3. The molecule has 1 aromatic carbocycles. The number of hydrogen-bond donors (Lipinski definition) is 1. The zero-order chi connectivity index (χ0) is 23.6. The molecule has 3 heterocycles. The molecule has 0 radical (unpaired) electrons. The number of aromatic nitrogens is 2. The zero-order valence-electron chi connectivity index (χ0n) is 18.5. The second kappa shape index (κ2) is 9.11. The standard InChI is InChI=1S/C24H25ClN4O3S/c1-17-6-3-4-7-18(17)23-19(25)10-11-20(26-23)28-33(31,32)22-9-5-8-21(27-22)29-14-12-24(2,16-30)13-15-29/h3-11,16H,12-15H2,1-2H3,(H,26,28). The Morgan fingerprint density at radius 3 is 2.45 bits per heavy atom. The summed E-state index contributed by atoms with van der Waals surface area (Å²) < 4.78 is 28.7. The Hall–Kier alpha value is -2.97. The average Bonchev–Trinajstić information content (AvgIpc) is 2.81. The molecule has 172 valence electrons. The van der Waals surface area contributed by atoms with Crippen LogP contribution < -0.4 is 9.62 Å². The number of anilines is 2. The molecule has 0 unspecified atom stereocenters. The van der Waals surface area contributed by atoms with Gasteiger partial charge in [-0.2, -0.15) is 8.42 Å². The van der Waals surface area contributed by atoms with E-state index in [0.717, 1.165) is 17.4 Å². The van der Waals surface area contributed by atoms with E-state index in [1.807, 2.05) is 43.0 Å². The average molecular weight is 485 g/mol. The number of carbonyl (C=O) groups excluding carboxylic acids is 1. The second-order valence-electron chi connectivity index (χ2n) is 8.54. The van der Waals surface area contributed by atoms with E-state index in [2.05, 4.69) is 14.7 Å². The minimum Gasteiger partial charge on any atom is -0.357 e. The number of aldehydes is 1. The van der Waals surface area contributed by atoms with E-state index in [-0.39, 0.29) is 16.3 Å². The number of hydrogen-bond acceptors (Lipinski definition) is 6. The van der Waals surface area contributed by atoms with Gasteiger partial charge >= 0.3 is 0 Å². The van der Waals surface area contributed by atoms with E-state index < -0.39 is 10.0 Å². The number of sulfonamides is 1. The van der Waals surface area contributed by atoms with Crippen molar-refractivity contribution >= 4 is 39.5 Å². The topological polar surface area (TPSA) is 92.3 Å². The quantitative estimate of drug-likeness (QED) is 0.509. The Kier molecular flexibility index (Phi) is 6.41. The largest absolute Gasteiger partial charge is 0.357 e. The molecule has 33 heavy (non-hydrogen) atoms. The molecule has 0 atom stereocenters. The van der Waals surface area contributed by atoms with Gasteiger partial charge in [0, 0.05) is 24.1 Å². The van der Waals surface area contributed by atoms with Gasteiger partial charge in [0.15, 0.2) is 5.03 Å². The van der Waals surface area contributed by atoms with Crippen LogP contribution in [0.2, 0.25) is 5.02 Å². The fourth-order valence-corrected chi connectivity index (χ4v) is 4.98. The fourth-order valence-electron chi connectivity index (χ4n) is 3.81. The highest BCUT2D eigenvalue weighted by atomic mass is 35.5. The number of piperidine rings is 1. The molecule has 4 rings (SSSR count). The van der Waals surface area contributed by atoms with Gasteiger partial charge in [-0.3, -0.25) is 4.72 Å². The first-order valence-corrected chi connectivity index (χ1v) is 12.5. The van der Waals surface area contributed by atoms with Crippen LogP contribution in [0.15, 0.2) is 59.6 Å². The maximum atomic E-state index is 13.1. The highest BCUT2D eigenvalue weighted by Crippen LogP contribution is 2.32. The van der Waals surface area contributed by atoms with Gasteiger partial charge < -0.3 is 9.69 Å². The normalized spacial score (nSPS) is 15.8. The number of aryl methyl sites for hydroxylation is 1. The Bertz CT molecular complexity index is 1290. The van der Waals surface area contributed by atoms with E-state index in [0.29, 0.717) is 42.5 Å². The van der Waals surface area contributed by atoms with Gasteiger partial charge in [0.1, 0.15) is 17.9 Å². The summed E-state index contributed by atoms with van der Waals surface area (Å²) in [6.07, 6.45) is 2.40. The van der Waals surface area contributed by atoms with Crippen molar-refractivity contribution in [1.29, 1.82) is 0 Å². The maximum absolute atomic E-state index is 13.1. The van der Waals surface area contributed by atoms with Gasteiger partial charge in [-0.1, -0.05) is 48.9 Å².